The van der Waals surface area contributed by atoms with Gasteiger partial charge in [0, 0.05) is 18.7 Å². The zero-order valence-electron chi connectivity index (χ0n) is 27.7. The van der Waals surface area contributed by atoms with Gasteiger partial charge in [0.2, 0.25) is 5.91 Å². The first kappa shape index (κ1) is 34.2. The van der Waals surface area contributed by atoms with Crippen LogP contribution in [0, 0.1) is 6.92 Å². The molecular weight excluding hydrogens is 574 g/mol. The molecule has 3 amide bonds. The average Bonchev–Trinajstić information content (AvgIpc) is 3.01. The fourth-order valence-corrected chi connectivity index (χ4v) is 5.57. The van der Waals surface area contributed by atoms with E-state index in [9.17, 15) is 14.4 Å². The quantitative estimate of drug-likeness (QED) is 0.147. The predicted octanol–water partition coefficient (Wildman–Crippen LogP) is 8.37. The maximum Gasteiger partial charge on any atom is 0.408 e. The molecule has 242 valence electrons. The molecule has 0 aliphatic heterocycles. The van der Waals surface area contributed by atoms with Crippen molar-refractivity contribution in [2.45, 2.75) is 84.4 Å². The normalized spacial score (nSPS) is 12.6. The first-order valence-corrected chi connectivity index (χ1v) is 16.2. The molecule has 0 heterocycles. The number of nitrogens with zero attached hydrogens (tertiary/aromatic N) is 1. The standard InChI is InChI=1S/C39H47N3O4/c1-6-7-8-14-24-42(37(44)34(26-29-17-10-9-11-18-29)41-38(45)46-39(3,4)5)35(32-21-15-16-28(2)25-32)36(43)40-33-23-22-30-19-12-13-20-31(30)27-33/h9-13,15-23,25,27,34-35H,6-8,14,24,26H2,1-5H3,(H,40,43)(H,41,45). The third kappa shape index (κ3) is 9.93. The van der Waals surface area contributed by atoms with Crippen LogP contribution in [-0.2, 0) is 20.7 Å². The SMILES string of the molecule is CCCCCCN(C(=O)C(Cc1ccccc1)NC(=O)OC(C)(C)C)C(C(=O)Nc1ccc2ccccc2c1)c1cccc(C)c1. The summed E-state index contributed by atoms with van der Waals surface area (Å²) in [7, 11) is 0. The lowest BCUT2D eigenvalue weighted by atomic mass is 9.98. The van der Waals surface area contributed by atoms with Crippen LogP contribution in [0.3, 0.4) is 0 Å². The minimum atomic E-state index is -0.954. The highest BCUT2D eigenvalue weighted by Crippen LogP contribution is 2.28. The van der Waals surface area contributed by atoms with Crippen molar-refractivity contribution in [1.82, 2.24) is 10.2 Å². The number of unbranched alkanes of at least 4 members (excludes halogenated alkanes) is 3. The van der Waals surface area contributed by atoms with Gasteiger partial charge in [-0.2, -0.15) is 0 Å². The van der Waals surface area contributed by atoms with Crippen LogP contribution in [0.4, 0.5) is 10.5 Å². The molecule has 4 aromatic carbocycles. The molecule has 0 fully saturated rings. The van der Waals surface area contributed by atoms with Gasteiger partial charge in [-0.1, -0.05) is 117 Å². The second-order valence-corrected chi connectivity index (χ2v) is 12.8. The molecule has 0 radical (unpaired) electrons. The average molecular weight is 622 g/mol. The molecular formula is C39H47N3O4. The predicted molar refractivity (Wildman–Crippen MR) is 186 cm³/mol. The fraction of sp³-hybridized carbons (Fsp3) is 0.359. The Labute approximate surface area is 273 Å². The number of aryl methyl sites for hydroxylation is 1. The molecule has 7 heteroatoms. The summed E-state index contributed by atoms with van der Waals surface area (Å²) in [6, 6.07) is 29.1. The van der Waals surface area contributed by atoms with Gasteiger partial charge in [-0.3, -0.25) is 9.59 Å². The van der Waals surface area contributed by atoms with E-state index < -0.39 is 23.8 Å². The van der Waals surface area contributed by atoms with Gasteiger partial charge in [0.05, 0.1) is 0 Å². The van der Waals surface area contributed by atoms with Crippen molar-refractivity contribution in [3.63, 3.8) is 0 Å². The zero-order chi connectivity index (χ0) is 33.1. The maximum atomic E-state index is 14.7. The lowest BCUT2D eigenvalue weighted by Crippen LogP contribution is -2.53. The molecule has 4 aromatic rings. The summed E-state index contributed by atoms with van der Waals surface area (Å²) >= 11 is 0. The highest BCUT2D eigenvalue weighted by molar-refractivity contribution is 6.00. The minimum Gasteiger partial charge on any atom is -0.444 e. The molecule has 2 unspecified atom stereocenters. The monoisotopic (exact) mass is 621 g/mol. The third-order valence-corrected chi connectivity index (χ3v) is 7.74. The lowest BCUT2D eigenvalue weighted by molar-refractivity contribution is -0.140. The van der Waals surface area contributed by atoms with Crippen molar-refractivity contribution in [2.24, 2.45) is 0 Å². The Balaban J connectivity index is 1.74. The molecule has 0 bridgehead atoms. The van der Waals surface area contributed by atoms with Crippen LogP contribution in [-0.4, -0.2) is 41.0 Å². The van der Waals surface area contributed by atoms with Gasteiger partial charge in [0.1, 0.15) is 17.7 Å². The van der Waals surface area contributed by atoms with Crippen molar-refractivity contribution < 1.29 is 19.1 Å². The number of hydrogen-bond acceptors (Lipinski definition) is 4. The number of carbonyl (C=O) groups is 3. The van der Waals surface area contributed by atoms with Gasteiger partial charge in [0.25, 0.3) is 5.91 Å². The van der Waals surface area contributed by atoms with E-state index in [0.29, 0.717) is 17.8 Å². The van der Waals surface area contributed by atoms with E-state index in [0.717, 1.165) is 47.6 Å². The molecule has 46 heavy (non-hydrogen) atoms. The third-order valence-electron chi connectivity index (χ3n) is 7.74. The largest absolute Gasteiger partial charge is 0.444 e. The van der Waals surface area contributed by atoms with E-state index in [-0.39, 0.29) is 18.2 Å². The van der Waals surface area contributed by atoms with Gasteiger partial charge < -0.3 is 20.3 Å². The number of benzene rings is 4. The molecule has 2 N–H and O–H groups in total. The van der Waals surface area contributed by atoms with E-state index in [4.69, 9.17) is 4.74 Å². The summed E-state index contributed by atoms with van der Waals surface area (Å²) in [4.78, 5) is 43.8. The highest BCUT2D eigenvalue weighted by atomic mass is 16.6. The molecule has 0 aliphatic rings. The number of amides is 3. The Morgan fingerprint density at radius 3 is 2.22 bits per heavy atom. The van der Waals surface area contributed by atoms with Crippen LogP contribution in [0.25, 0.3) is 10.8 Å². The van der Waals surface area contributed by atoms with Crippen LogP contribution in [0.15, 0.2) is 97.1 Å². The minimum absolute atomic E-state index is 0.247. The zero-order valence-corrected chi connectivity index (χ0v) is 27.7. The molecule has 4 rings (SSSR count). The van der Waals surface area contributed by atoms with Crippen LogP contribution in [0.2, 0.25) is 0 Å². The summed E-state index contributed by atoms with van der Waals surface area (Å²) < 4.78 is 5.57. The molecule has 0 saturated carbocycles. The number of carbonyl (C=O) groups excluding carboxylic acids is 3. The van der Waals surface area contributed by atoms with Gasteiger partial charge >= 0.3 is 6.09 Å². The molecule has 0 aliphatic carbocycles. The van der Waals surface area contributed by atoms with Crippen molar-refractivity contribution in [3.8, 4) is 0 Å². The van der Waals surface area contributed by atoms with E-state index in [2.05, 4.69) is 17.6 Å². The summed E-state index contributed by atoms with van der Waals surface area (Å²) in [5.74, 6) is -0.660. The summed E-state index contributed by atoms with van der Waals surface area (Å²) in [5.41, 5.74) is 2.47. The van der Waals surface area contributed by atoms with E-state index in [1.54, 1.807) is 25.7 Å². The van der Waals surface area contributed by atoms with Gasteiger partial charge in [-0.05, 0) is 68.1 Å². The topological polar surface area (TPSA) is 87.7 Å². The Morgan fingerprint density at radius 2 is 1.52 bits per heavy atom. The number of rotatable bonds is 13. The Morgan fingerprint density at radius 1 is 0.804 bits per heavy atom. The Bertz CT molecular complexity index is 1610. The van der Waals surface area contributed by atoms with Gasteiger partial charge in [-0.15, -0.1) is 0 Å². The molecule has 2 atom stereocenters. The number of nitrogens with one attached hydrogen (secondary N) is 2. The summed E-state index contributed by atoms with van der Waals surface area (Å²) in [6.07, 6.45) is 3.25. The molecule has 7 nitrogen and oxygen atoms in total. The number of fused-ring (bicyclic) bond motifs is 1. The van der Waals surface area contributed by atoms with Crippen molar-refractivity contribution in [1.29, 1.82) is 0 Å². The van der Waals surface area contributed by atoms with Crippen LogP contribution in [0.5, 0.6) is 0 Å². The van der Waals surface area contributed by atoms with Crippen LogP contribution >= 0.6 is 0 Å². The van der Waals surface area contributed by atoms with E-state index >= 15 is 0 Å². The van der Waals surface area contributed by atoms with E-state index in [1.807, 2.05) is 104 Å². The lowest BCUT2D eigenvalue weighted by Gasteiger charge is -2.35. The summed E-state index contributed by atoms with van der Waals surface area (Å²) in [6.45, 7) is 9.81. The van der Waals surface area contributed by atoms with E-state index in [1.165, 1.54) is 0 Å². The van der Waals surface area contributed by atoms with Gasteiger partial charge in [0.15, 0.2) is 0 Å². The second kappa shape index (κ2) is 16.1. The van der Waals surface area contributed by atoms with Gasteiger partial charge in [-0.25, -0.2) is 4.79 Å². The Hall–Kier alpha value is -4.65. The number of hydrogen-bond donors (Lipinski definition) is 2. The molecule has 0 saturated heterocycles. The molecule has 0 spiro atoms. The summed E-state index contributed by atoms with van der Waals surface area (Å²) in [5, 5.41) is 8.02. The first-order valence-electron chi connectivity index (χ1n) is 16.2. The van der Waals surface area contributed by atoms with Crippen molar-refractivity contribution in [2.75, 3.05) is 11.9 Å². The van der Waals surface area contributed by atoms with Crippen LogP contribution in [0.1, 0.15) is 76.1 Å². The van der Waals surface area contributed by atoms with Crippen LogP contribution < -0.4 is 10.6 Å². The Kier molecular flexibility index (Phi) is 12.0. The highest BCUT2D eigenvalue weighted by Gasteiger charge is 2.36. The second-order valence-electron chi connectivity index (χ2n) is 12.8. The molecule has 0 aromatic heterocycles. The van der Waals surface area contributed by atoms with Crippen molar-refractivity contribution in [3.05, 3.63) is 114 Å². The fourth-order valence-electron chi connectivity index (χ4n) is 5.57. The van der Waals surface area contributed by atoms with Crippen molar-refractivity contribution >= 4 is 34.4 Å². The number of anilines is 1. The smallest absolute Gasteiger partial charge is 0.408 e. The first-order chi connectivity index (χ1) is 22.0. The number of ether oxygens (including phenoxy) is 1. The number of alkyl carbamates (subject to hydrolysis) is 1. The maximum absolute atomic E-state index is 14.7.